The molecule has 67 heavy (non-hydrogen) atoms. The van der Waals surface area contributed by atoms with Gasteiger partial charge in [-0.3, -0.25) is 9.59 Å². The van der Waals surface area contributed by atoms with Crippen LogP contribution in [0.3, 0.4) is 0 Å². The number of rotatable bonds is 7. The summed E-state index contributed by atoms with van der Waals surface area (Å²) in [4.78, 5) is 41.9. The first-order valence-electron chi connectivity index (χ1n) is 18.1. The first kappa shape index (κ1) is 50.7. The van der Waals surface area contributed by atoms with Crippen LogP contribution in [0.15, 0.2) is 83.4 Å². The van der Waals surface area contributed by atoms with Gasteiger partial charge in [-0.05, 0) is 70.4 Å². The number of aromatic nitrogens is 6. The summed E-state index contributed by atoms with van der Waals surface area (Å²) in [6.07, 6.45) is -6.93. The molecule has 3 N–H and O–H groups in total. The van der Waals surface area contributed by atoms with E-state index in [1.54, 1.807) is 12.1 Å². The summed E-state index contributed by atoms with van der Waals surface area (Å²) in [5, 5.41) is 16.7. The third-order valence-electron chi connectivity index (χ3n) is 8.28. The number of carbonyl (C=O) groups is 2. The highest BCUT2D eigenvalue weighted by Crippen LogP contribution is 2.35. The van der Waals surface area contributed by atoms with Crippen molar-refractivity contribution in [3.05, 3.63) is 137 Å². The van der Waals surface area contributed by atoms with Crippen LogP contribution in [0.1, 0.15) is 43.5 Å². The lowest BCUT2D eigenvalue weighted by atomic mass is 10.1. The molecule has 2 aliphatic heterocycles. The number of benzene rings is 2. The standard InChI is InChI=1S/C19H11Cl3F3N5O3.C10H4Cl2F3N3O.C9H8Cl2N2O2/c20-9-6-10(18-29-33-5-4-32-18)15(12(22)7-9)27-17(31)13-8-14(19(23,24)25)28-30(13)16-11(21)2-1-3-26-16;11-5-2-1-3-16-9(5)18-6(8(12)19)4-7(17-18)10(13,14)15;10-5-3-6(8(12)7(11)4-5)9-13-15-2-1-14-9/h1-3,6-8H,4-5H2,(H,27,31);1-4H;3-4H,1-2,12H2. The zero-order chi connectivity index (χ0) is 48.8. The van der Waals surface area contributed by atoms with Gasteiger partial charge in [0.2, 0.25) is 0 Å². The lowest BCUT2D eigenvalue weighted by Gasteiger charge is -2.18. The van der Waals surface area contributed by atoms with Crippen molar-refractivity contribution >= 4 is 116 Å². The quantitative estimate of drug-likeness (QED) is 0.0877. The van der Waals surface area contributed by atoms with Gasteiger partial charge in [-0.25, -0.2) is 19.3 Å². The molecule has 0 spiro atoms. The Morgan fingerprint density at radius 1 is 0.627 bits per heavy atom. The van der Waals surface area contributed by atoms with E-state index >= 15 is 0 Å². The number of nitrogen functional groups attached to an aromatic ring is 1. The number of nitrogens with one attached hydrogen (secondary N) is 1. The molecule has 16 nitrogen and oxygen atoms in total. The van der Waals surface area contributed by atoms with Crippen LogP contribution < -0.4 is 11.1 Å². The number of carbonyl (C=O) groups excluding carboxylic acids is 2. The van der Waals surface area contributed by atoms with Crippen LogP contribution in [-0.4, -0.2) is 78.9 Å². The molecule has 0 aliphatic carbocycles. The predicted molar refractivity (Wildman–Crippen MR) is 235 cm³/mol. The third kappa shape index (κ3) is 12.4. The SMILES string of the molecule is Nc1c(Cl)cc(Cl)cc1C1=NOCCO1.O=C(Cl)c1cc(C(F)(F)F)nn1-c1ncccc1Cl.O=C(Nc1c(Cl)cc(Cl)cc1C1=NOCCO1)c1cc(C(F)(F)F)nn1-c1ncccc1Cl. The normalized spacial score (nSPS) is 13.4. The van der Waals surface area contributed by atoms with Crippen LogP contribution in [0.4, 0.5) is 37.7 Å². The molecule has 352 valence electrons. The maximum Gasteiger partial charge on any atom is 0.435 e. The maximum atomic E-state index is 13.4. The second-order valence-electron chi connectivity index (χ2n) is 12.8. The van der Waals surface area contributed by atoms with Gasteiger partial charge in [0.25, 0.3) is 22.9 Å². The number of hydrogen-bond acceptors (Lipinski definition) is 13. The van der Waals surface area contributed by atoms with E-state index in [1.165, 1.54) is 48.8 Å². The third-order valence-corrected chi connectivity index (χ3v) is 10.1. The largest absolute Gasteiger partial charge is 0.471 e. The average molecular weight is 1080 g/mol. The van der Waals surface area contributed by atoms with E-state index in [9.17, 15) is 35.9 Å². The van der Waals surface area contributed by atoms with E-state index in [0.29, 0.717) is 61.9 Å². The summed E-state index contributed by atoms with van der Waals surface area (Å²) < 4.78 is 89.9. The van der Waals surface area contributed by atoms with Crippen molar-refractivity contribution in [2.24, 2.45) is 10.3 Å². The zero-order valence-electron chi connectivity index (χ0n) is 32.8. The van der Waals surface area contributed by atoms with Crippen molar-refractivity contribution in [1.82, 2.24) is 29.5 Å². The molecule has 0 unspecified atom stereocenters. The predicted octanol–water partition coefficient (Wildman–Crippen LogP) is 10.8. The molecule has 0 saturated carbocycles. The van der Waals surface area contributed by atoms with Crippen molar-refractivity contribution in [2.75, 3.05) is 37.5 Å². The Bertz CT molecular complexity index is 2900. The number of ether oxygens (including phenoxy) is 2. The Balaban J connectivity index is 0.000000183. The molecule has 6 aromatic rings. The van der Waals surface area contributed by atoms with Gasteiger partial charge in [0, 0.05) is 34.6 Å². The highest BCUT2D eigenvalue weighted by atomic mass is 35.5. The van der Waals surface area contributed by atoms with E-state index in [0.717, 1.165) is 0 Å². The fraction of sp³-hybridized carbons (Fsp3) is 0.158. The van der Waals surface area contributed by atoms with E-state index in [1.807, 2.05) is 0 Å². The van der Waals surface area contributed by atoms with Gasteiger partial charge in [-0.15, -0.1) is 0 Å². The van der Waals surface area contributed by atoms with Gasteiger partial charge in [0.05, 0.1) is 42.6 Å². The molecule has 0 radical (unpaired) electrons. The second kappa shape index (κ2) is 21.5. The Morgan fingerprint density at radius 2 is 1.09 bits per heavy atom. The van der Waals surface area contributed by atoms with Crippen LogP contribution in [0, 0.1) is 0 Å². The summed E-state index contributed by atoms with van der Waals surface area (Å²) in [5.41, 5.74) is 3.33. The number of halogens is 13. The van der Waals surface area contributed by atoms with Crippen molar-refractivity contribution in [3.63, 3.8) is 0 Å². The summed E-state index contributed by atoms with van der Waals surface area (Å²) >= 11 is 41.2. The maximum absolute atomic E-state index is 13.4. The van der Waals surface area contributed by atoms with Crippen LogP contribution in [0.2, 0.25) is 30.1 Å². The van der Waals surface area contributed by atoms with Crippen LogP contribution >= 0.6 is 81.2 Å². The minimum absolute atomic E-state index is 0.0104. The summed E-state index contributed by atoms with van der Waals surface area (Å²) in [7, 11) is 0. The molecule has 1 amide bonds. The van der Waals surface area contributed by atoms with Gasteiger partial charge < -0.3 is 30.2 Å². The Kier molecular flexibility index (Phi) is 16.2. The highest BCUT2D eigenvalue weighted by Gasteiger charge is 2.38. The lowest BCUT2D eigenvalue weighted by Crippen LogP contribution is -2.22. The fourth-order valence-corrected chi connectivity index (χ4v) is 6.98. The van der Waals surface area contributed by atoms with Crippen LogP contribution in [-0.2, 0) is 31.5 Å². The van der Waals surface area contributed by atoms with Gasteiger partial charge in [0.15, 0.2) is 36.2 Å². The highest BCUT2D eigenvalue weighted by molar-refractivity contribution is 6.67. The number of nitrogens with two attached hydrogens (primary N) is 1. The number of alkyl halides is 6. The lowest BCUT2D eigenvalue weighted by molar-refractivity contribution is -0.142. The fourth-order valence-electron chi connectivity index (χ4n) is 5.41. The topological polar surface area (TPSA) is 195 Å². The van der Waals surface area contributed by atoms with E-state index in [-0.39, 0.29) is 62.1 Å². The molecule has 0 atom stereocenters. The van der Waals surface area contributed by atoms with Gasteiger partial charge in [-0.2, -0.15) is 36.5 Å². The molecule has 2 aromatic carbocycles. The number of pyridine rings is 2. The number of amides is 1. The smallest absolute Gasteiger partial charge is 0.435 e. The molecule has 8 rings (SSSR count). The molecule has 4 aromatic heterocycles. The molecular formula is C38H23Cl7F6N10O6. The molecule has 2 aliphatic rings. The second-order valence-corrected chi connectivity index (χ2v) is 15.7. The Morgan fingerprint density at radius 3 is 1.55 bits per heavy atom. The molecule has 29 heteroatoms. The van der Waals surface area contributed by atoms with E-state index < -0.39 is 46.3 Å². The number of oxime groups is 2. The Hall–Kier alpha value is -5.75. The Labute approximate surface area is 407 Å². The van der Waals surface area contributed by atoms with Gasteiger partial charge >= 0.3 is 12.4 Å². The number of anilines is 2. The molecule has 0 bridgehead atoms. The van der Waals surface area contributed by atoms with Crippen molar-refractivity contribution in [2.45, 2.75) is 12.4 Å². The van der Waals surface area contributed by atoms with E-state index in [2.05, 4.69) is 35.8 Å². The minimum Gasteiger partial charge on any atom is -0.471 e. The van der Waals surface area contributed by atoms with Crippen molar-refractivity contribution in [3.8, 4) is 11.6 Å². The summed E-state index contributed by atoms with van der Waals surface area (Å²) in [5.74, 6) is -0.969. The van der Waals surface area contributed by atoms with E-state index in [4.69, 9.17) is 106 Å². The summed E-state index contributed by atoms with van der Waals surface area (Å²) in [6.45, 7) is 1.25. The van der Waals surface area contributed by atoms with Crippen LogP contribution in [0.5, 0.6) is 0 Å². The molecule has 0 fully saturated rings. The van der Waals surface area contributed by atoms with Gasteiger partial charge in [0.1, 0.15) is 24.6 Å². The van der Waals surface area contributed by atoms with Gasteiger partial charge in [-0.1, -0.05) is 69.6 Å². The zero-order valence-corrected chi connectivity index (χ0v) is 38.1. The molecular weight excluding hydrogens is 1050 g/mol. The summed E-state index contributed by atoms with van der Waals surface area (Å²) in [6, 6.07) is 12.8. The molecule has 0 saturated heterocycles. The first-order chi connectivity index (χ1) is 31.6. The van der Waals surface area contributed by atoms with Crippen LogP contribution in [0.25, 0.3) is 11.6 Å². The average Bonchev–Trinajstić information content (AvgIpc) is 3.95. The first-order valence-corrected chi connectivity index (χ1v) is 20.8. The van der Waals surface area contributed by atoms with Crippen molar-refractivity contribution in [1.29, 1.82) is 0 Å². The minimum atomic E-state index is -4.83. The molecule has 6 heterocycles. The number of nitrogens with zero attached hydrogens (tertiary/aromatic N) is 8. The monoisotopic (exact) mass is 1070 g/mol. The number of hydrogen-bond donors (Lipinski definition) is 2. The van der Waals surface area contributed by atoms with Crippen molar-refractivity contribution < 1.29 is 55.1 Å².